The lowest BCUT2D eigenvalue weighted by molar-refractivity contribution is -0.117. The van der Waals surface area contributed by atoms with Crippen molar-refractivity contribution in [2.75, 3.05) is 11.9 Å². The van der Waals surface area contributed by atoms with Gasteiger partial charge in [-0.1, -0.05) is 32.4 Å². The van der Waals surface area contributed by atoms with Gasteiger partial charge in [-0.05, 0) is 49.4 Å². The molecule has 0 unspecified atom stereocenters. The third-order valence-electron chi connectivity index (χ3n) is 3.17. The number of unbranched alkanes of at least 4 members (excludes halogenated alkanes) is 1. The van der Waals surface area contributed by atoms with Gasteiger partial charge in [0.1, 0.15) is 0 Å². The van der Waals surface area contributed by atoms with E-state index in [0.717, 1.165) is 24.9 Å². The molecule has 0 spiro atoms. The molecule has 4 nitrogen and oxygen atoms in total. The zero-order valence-corrected chi connectivity index (χ0v) is 12.6. The maximum Gasteiger partial charge on any atom is 0.241 e. The molecule has 0 bridgehead atoms. The van der Waals surface area contributed by atoms with Crippen LogP contribution in [0.5, 0.6) is 0 Å². The van der Waals surface area contributed by atoms with Crippen molar-refractivity contribution in [2.24, 2.45) is 17.4 Å². The fraction of sp³-hybridized carbons (Fsp3) is 0.562. The number of amides is 1. The highest BCUT2D eigenvalue weighted by molar-refractivity contribution is 5.94. The van der Waals surface area contributed by atoms with Crippen LogP contribution in [0.15, 0.2) is 24.3 Å². The molecule has 112 valence electrons. The molecule has 1 aromatic carbocycles. The molecule has 1 atom stereocenters. The summed E-state index contributed by atoms with van der Waals surface area (Å²) in [6.45, 7) is 5.03. The van der Waals surface area contributed by atoms with E-state index < -0.39 is 6.04 Å². The average molecular weight is 277 g/mol. The summed E-state index contributed by atoms with van der Waals surface area (Å²) in [7, 11) is 0. The standard InChI is InChI=1S/C16H27N3O/c1-12(2)11-13-6-8-14(9-7-13)19-16(20)15(18)5-3-4-10-17/h6-9,12,15H,3-5,10-11,17-18H2,1-2H3,(H,19,20)/t15-/m0/s1. The number of anilines is 1. The lowest BCUT2D eigenvalue weighted by Gasteiger charge is -2.12. The smallest absolute Gasteiger partial charge is 0.241 e. The maximum absolute atomic E-state index is 11.9. The fourth-order valence-electron chi connectivity index (χ4n) is 2.07. The zero-order valence-electron chi connectivity index (χ0n) is 12.6. The van der Waals surface area contributed by atoms with Crippen LogP contribution in [-0.4, -0.2) is 18.5 Å². The van der Waals surface area contributed by atoms with Gasteiger partial charge in [-0.2, -0.15) is 0 Å². The second-order valence-electron chi connectivity index (χ2n) is 5.68. The quantitative estimate of drug-likeness (QED) is 0.638. The van der Waals surface area contributed by atoms with E-state index in [1.54, 1.807) is 0 Å². The van der Waals surface area contributed by atoms with E-state index >= 15 is 0 Å². The van der Waals surface area contributed by atoms with Gasteiger partial charge in [-0.3, -0.25) is 4.79 Å². The van der Waals surface area contributed by atoms with Crippen LogP contribution in [0, 0.1) is 5.92 Å². The number of carbonyl (C=O) groups is 1. The summed E-state index contributed by atoms with van der Waals surface area (Å²) >= 11 is 0. The van der Waals surface area contributed by atoms with E-state index in [-0.39, 0.29) is 5.91 Å². The number of nitrogens with one attached hydrogen (secondary N) is 1. The van der Waals surface area contributed by atoms with Crippen molar-refractivity contribution >= 4 is 11.6 Å². The molecule has 5 N–H and O–H groups in total. The third kappa shape index (κ3) is 6.17. The van der Waals surface area contributed by atoms with Crippen molar-refractivity contribution < 1.29 is 4.79 Å². The van der Waals surface area contributed by atoms with Gasteiger partial charge < -0.3 is 16.8 Å². The lowest BCUT2D eigenvalue weighted by Crippen LogP contribution is -2.35. The Labute approximate surface area is 121 Å². The minimum atomic E-state index is -0.461. The Bertz CT molecular complexity index is 401. The van der Waals surface area contributed by atoms with E-state index in [2.05, 4.69) is 31.3 Å². The van der Waals surface area contributed by atoms with Crippen LogP contribution in [0.3, 0.4) is 0 Å². The molecule has 4 heteroatoms. The van der Waals surface area contributed by atoms with Crippen molar-refractivity contribution in [3.8, 4) is 0 Å². The Hall–Kier alpha value is -1.39. The molecule has 0 aromatic heterocycles. The fourth-order valence-corrected chi connectivity index (χ4v) is 2.07. The highest BCUT2D eigenvalue weighted by atomic mass is 16.2. The molecule has 1 amide bonds. The second kappa shape index (κ2) is 8.72. The molecule has 0 saturated heterocycles. The van der Waals surface area contributed by atoms with Crippen molar-refractivity contribution in [2.45, 2.75) is 45.6 Å². The zero-order chi connectivity index (χ0) is 15.0. The lowest BCUT2D eigenvalue weighted by atomic mass is 10.0. The van der Waals surface area contributed by atoms with Gasteiger partial charge in [-0.15, -0.1) is 0 Å². The van der Waals surface area contributed by atoms with Gasteiger partial charge in [-0.25, -0.2) is 0 Å². The van der Waals surface area contributed by atoms with E-state index in [4.69, 9.17) is 11.5 Å². The van der Waals surface area contributed by atoms with E-state index in [0.29, 0.717) is 18.9 Å². The molecule has 1 aromatic rings. The average Bonchev–Trinajstić information content (AvgIpc) is 2.40. The highest BCUT2D eigenvalue weighted by Crippen LogP contribution is 2.13. The van der Waals surface area contributed by atoms with Crippen molar-refractivity contribution in [1.82, 2.24) is 0 Å². The van der Waals surface area contributed by atoms with Crippen molar-refractivity contribution in [3.05, 3.63) is 29.8 Å². The number of hydrogen-bond acceptors (Lipinski definition) is 3. The molecule has 0 heterocycles. The first-order chi connectivity index (χ1) is 9.52. The first kappa shape index (κ1) is 16.7. The van der Waals surface area contributed by atoms with Crippen molar-refractivity contribution in [1.29, 1.82) is 0 Å². The van der Waals surface area contributed by atoms with Crippen LogP contribution in [0.2, 0.25) is 0 Å². The third-order valence-corrected chi connectivity index (χ3v) is 3.17. The number of benzene rings is 1. The molecule has 0 aliphatic carbocycles. The minimum Gasteiger partial charge on any atom is -0.330 e. The number of carbonyl (C=O) groups excluding carboxylic acids is 1. The minimum absolute atomic E-state index is 0.126. The Kier molecular flexibility index (Phi) is 7.26. The van der Waals surface area contributed by atoms with Gasteiger partial charge in [0, 0.05) is 5.69 Å². The molecule has 0 aliphatic heterocycles. The first-order valence-electron chi connectivity index (χ1n) is 7.38. The Balaban J connectivity index is 2.45. The van der Waals surface area contributed by atoms with E-state index in [9.17, 15) is 4.79 Å². The summed E-state index contributed by atoms with van der Waals surface area (Å²) in [5.41, 5.74) is 13.4. The summed E-state index contributed by atoms with van der Waals surface area (Å²) in [5, 5.41) is 2.85. The largest absolute Gasteiger partial charge is 0.330 e. The highest BCUT2D eigenvalue weighted by Gasteiger charge is 2.12. The Morgan fingerprint density at radius 2 is 1.85 bits per heavy atom. The summed E-state index contributed by atoms with van der Waals surface area (Å²) < 4.78 is 0. The van der Waals surface area contributed by atoms with Crippen LogP contribution in [0.25, 0.3) is 0 Å². The summed E-state index contributed by atoms with van der Waals surface area (Å²) in [4.78, 5) is 11.9. The summed E-state index contributed by atoms with van der Waals surface area (Å²) in [5.74, 6) is 0.505. The molecule has 0 radical (unpaired) electrons. The first-order valence-corrected chi connectivity index (χ1v) is 7.38. The van der Waals surface area contributed by atoms with Crippen molar-refractivity contribution in [3.63, 3.8) is 0 Å². The van der Waals surface area contributed by atoms with Crippen LogP contribution < -0.4 is 16.8 Å². The van der Waals surface area contributed by atoms with Crippen LogP contribution in [0.4, 0.5) is 5.69 Å². The van der Waals surface area contributed by atoms with Gasteiger partial charge in [0.15, 0.2) is 0 Å². The van der Waals surface area contributed by atoms with Gasteiger partial charge >= 0.3 is 0 Å². The van der Waals surface area contributed by atoms with E-state index in [1.165, 1.54) is 5.56 Å². The summed E-state index contributed by atoms with van der Waals surface area (Å²) in [6, 6.07) is 7.51. The molecular formula is C16H27N3O. The number of hydrogen-bond donors (Lipinski definition) is 3. The molecule has 0 fully saturated rings. The molecule has 20 heavy (non-hydrogen) atoms. The Morgan fingerprint density at radius 1 is 1.20 bits per heavy atom. The van der Waals surface area contributed by atoms with Crippen LogP contribution in [-0.2, 0) is 11.2 Å². The normalized spacial score (nSPS) is 12.4. The predicted molar refractivity (Wildman–Crippen MR) is 84.5 cm³/mol. The van der Waals surface area contributed by atoms with Gasteiger partial charge in [0.25, 0.3) is 0 Å². The SMILES string of the molecule is CC(C)Cc1ccc(NC(=O)[C@@H](N)CCCCN)cc1. The van der Waals surface area contributed by atoms with Crippen LogP contribution in [0.1, 0.15) is 38.7 Å². The summed E-state index contributed by atoms with van der Waals surface area (Å²) in [6.07, 6.45) is 3.52. The second-order valence-corrected chi connectivity index (χ2v) is 5.68. The number of rotatable bonds is 8. The molecule has 0 aliphatic rings. The topological polar surface area (TPSA) is 81.1 Å². The van der Waals surface area contributed by atoms with Gasteiger partial charge in [0.05, 0.1) is 6.04 Å². The molecular weight excluding hydrogens is 250 g/mol. The number of nitrogens with two attached hydrogens (primary N) is 2. The molecule has 1 rings (SSSR count). The Morgan fingerprint density at radius 3 is 2.40 bits per heavy atom. The molecule has 0 saturated carbocycles. The monoisotopic (exact) mass is 277 g/mol. The predicted octanol–water partition coefficient (Wildman–Crippen LogP) is 2.28. The van der Waals surface area contributed by atoms with Gasteiger partial charge in [0.2, 0.25) is 5.91 Å². The van der Waals surface area contributed by atoms with Crippen LogP contribution >= 0.6 is 0 Å². The van der Waals surface area contributed by atoms with E-state index in [1.807, 2.05) is 12.1 Å². The maximum atomic E-state index is 11.9.